The first-order valence-corrected chi connectivity index (χ1v) is 10.5. The van der Waals surface area contributed by atoms with E-state index >= 15 is 0 Å². The minimum absolute atomic E-state index is 0.281. The van der Waals surface area contributed by atoms with Gasteiger partial charge in [-0.25, -0.2) is 13.2 Å². The van der Waals surface area contributed by atoms with E-state index in [0.29, 0.717) is 24.3 Å². The standard InChI is InChI=1S/C25H27F3/c1-2-3-16-4-6-17(7-5-16)18-8-10-19(11-9-18)20-12-13-22-21(14-20)15-23(26)25(28)24(22)27/h8-11,14-17H,2-7,12-13H2,1H3. The van der Waals surface area contributed by atoms with Crippen molar-refractivity contribution >= 4 is 11.6 Å². The predicted octanol–water partition coefficient (Wildman–Crippen LogP) is 7.66. The second-order valence-electron chi connectivity index (χ2n) is 8.35. The molecule has 3 heteroatoms. The van der Waals surface area contributed by atoms with Gasteiger partial charge in [0.2, 0.25) is 0 Å². The molecule has 0 radical (unpaired) electrons. The largest absolute Gasteiger partial charge is 0.204 e. The lowest BCUT2D eigenvalue weighted by molar-refractivity contribution is 0.308. The van der Waals surface area contributed by atoms with Crippen molar-refractivity contribution in [3.05, 3.63) is 70.0 Å². The molecule has 0 unspecified atom stereocenters. The number of allylic oxidation sites excluding steroid dienone is 1. The lowest BCUT2D eigenvalue weighted by Crippen LogP contribution is -2.13. The Balaban J connectivity index is 1.51. The van der Waals surface area contributed by atoms with E-state index in [-0.39, 0.29) is 5.56 Å². The van der Waals surface area contributed by atoms with Crippen molar-refractivity contribution in [2.45, 2.75) is 64.2 Å². The normalized spacial score (nSPS) is 21.9. The van der Waals surface area contributed by atoms with E-state index in [1.54, 1.807) is 6.08 Å². The highest BCUT2D eigenvalue weighted by atomic mass is 19.2. The molecule has 0 amide bonds. The number of halogens is 3. The van der Waals surface area contributed by atoms with Crippen molar-refractivity contribution in [1.82, 2.24) is 0 Å². The van der Waals surface area contributed by atoms with E-state index in [4.69, 9.17) is 0 Å². The molecule has 2 aliphatic rings. The summed E-state index contributed by atoms with van der Waals surface area (Å²) in [5.41, 5.74) is 4.27. The van der Waals surface area contributed by atoms with Crippen LogP contribution in [-0.2, 0) is 6.42 Å². The Hall–Kier alpha value is -2.03. The third-order valence-electron chi connectivity index (χ3n) is 6.57. The van der Waals surface area contributed by atoms with E-state index in [1.807, 2.05) is 0 Å². The van der Waals surface area contributed by atoms with Gasteiger partial charge in [0.25, 0.3) is 0 Å². The van der Waals surface area contributed by atoms with Crippen LogP contribution >= 0.6 is 0 Å². The Kier molecular flexibility index (Phi) is 5.61. The summed E-state index contributed by atoms with van der Waals surface area (Å²) in [7, 11) is 0. The summed E-state index contributed by atoms with van der Waals surface area (Å²) in [6.07, 6.45) is 10.7. The molecule has 0 nitrogen and oxygen atoms in total. The molecule has 0 aromatic heterocycles. The van der Waals surface area contributed by atoms with Crippen LogP contribution in [0.5, 0.6) is 0 Å². The Morgan fingerprint density at radius 1 is 0.893 bits per heavy atom. The van der Waals surface area contributed by atoms with Gasteiger partial charge in [0.1, 0.15) is 0 Å². The first-order chi connectivity index (χ1) is 13.6. The van der Waals surface area contributed by atoms with Crippen molar-refractivity contribution in [2.24, 2.45) is 5.92 Å². The first-order valence-electron chi connectivity index (χ1n) is 10.5. The zero-order chi connectivity index (χ0) is 19.7. The molecule has 0 spiro atoms. The third kappa shape index (κ3) is 3.76. The van der Waals surface area contributed by atoms with Gasteiger partial charge in [-0.3, -0.25) is 0 Å². The van der Waals surface area contributed by atoms with E-state index in [1.165, 1.54) is 44.1 Å². The molecular weight excluding hydrogens is 357 g/mol. The first kappa shape index (κ1) is 19.3. The Morgan fingerprint density at radius 3 is 2.29 bits per heavy atom. The summed E-state index contributed by atoms with van der Waals surface area (Å²) in [5.74, 6) is -1.98. The minimum Gasteiger partial charge on any atom is -0.204 e. The van der Waals surface area contributed by atoms with Crippen LogP contribution in [0, 0.1) is 23.4 Å². The van der Waals surface area contributed by atoms with Crippen LogP contribution in [-0.4, -0.2) is 0 Å². The van der Waals surface area contributed by atoms with E-state index in [2.05, 4.69) is 31.2 Å². The van der Waals surface area contributed by atoms with Gasteiger partial charge >= 0.3 is 0 Å². The maximum atomic E-state index is 14.0. The molecule has 28 heavy (non-hydrogen) atoms. The van der Waals surface area contributed by atoms with E-state index in [0.717, 1.165) is 23.1 Å². The van der Waals surface area contributed by atoms with Crippen molar-refractivity contribution in [1.29, 1.82) is 0 Å². The molecule has 0 N–H and O–H groups in total. The van der Waals surface area contributed by atoms with Crippen molar-refractivity contribution in [3.8, 4) is 0 Å². The Labute approximate surface area is 165 Å². The monoisotopic (exact) mass is 384 g/mol. The molecular formula is C25H27F3. The van der Waals surface area contributed by atoms with E-state index in [9.17, 15) is 13.2 Å². The minimum atomic E-state index is -1.37. The van der Waals surface area contributed by atoms with Gasteiger partial charge in [0, 0.05) is 0 Å². The zero-order valence-corrected chi connectivity index (χ0v) is 16.4. The van der Waals surface area contributed by atoms with Crippen LogP contribution in [0.3, 0.4) is 0 Å². The molecule has 0 aliphatic heterocycles. The highest BCUT2D eigenvalue weighted by molar-refractivity contribution is 5.84. The number of hydrogen-bond donors (Lipinski definition) is 0. The fourth-order valence-electron chi connectivity index (χ4n) is 4.94. The number of rotatable bonds is 4. The second-order valence-corrected chi connectivity index (χ2v) is 8.35. The summed E-state index contributed by atoms with van der Waals surface area (Å²) >= 11 is 0. The van der Waals surface area contributed by atoms with Crippen LogP contribution in [0.15, 0.2) is 30.3 Å². The van der Waals surface area contributed by atoms with Gasteiger partial charge in [-0.1, -0.05) is 50.1 Å². The maximum absolute atomic E-state index is 14.0. The third-order valence-corrected chi connectivity index (χ3v) is 6.57. The SMILES string of the molecule is CCCC1CCC(c2ccc(C3=Cc4cc(F)c(F)c(F)c4CC3)cc2)CC1. The predicted molar refractivity (Wildman–Crippen MR) is 109 cm³/mol. The maximum Gasteiger partial charge on any atom is 0.194 e. The Bertz CT molecular complexity index is 872. The molecule has 1 saturated carbocycles. The van der Waals surface area contributed by atoms with E-state index < -0.39 is 17.5 Å². The summed E-state index contributed by atoms with van der Waals surface area (Å²) in [6, 6.07) is 9.78. The van der Waals surface area contributed by atoms with Gasteiger partial charge < -0.3 is 0 Å². The fraction of sp³-hybridized carbons (Fsp3) is 0.440. The van der Waals surface area contributed by atoms with Crippen molar-refractivity contribution in [3.63, 3.8) is 0 Å². The summed E-state index contributed by atoms with van der Waals surface area (Å²) in [6.45, 7) is 2.27. The summed E-state index contributed by atoms with van der Waals surface area (Å²) in [4.78, 5) is 0. The molecule has 4 rings (SSSR count). The van der Waals surface area contributed by atoms with Crippen LogP contribution in [0.4, 0.5) is 13.2 Å². The lowest BCUT2D eigenvalue weighted by atomic mass is 9.77. The topological polar surface area (TPSA) is 0 Å². The average Bonchev–Trinajstić information content (AvgIpc) is 2.73. The highest BCUT2D eigenvalue weighted by Crippen LogP contribution is 2.38. The molecule has 148 valence electrons. The molecule has 0 bridgehead atoms. The Morgan fingerprint density at radius 2 is 1.61 bits per heavy atom. The average molecular weight is 384 g/mol. The molecule has 0 saturated heterocycles. The van der Waals surface area contributed by atoms with Gasteiger partial charge in [-0.05, 0) is 84.3 Å². The zero-order valence-electron chi connectivity index (χ0n) is 16.4. The molecule has 1 fully saturated rings. The smallest absolute Gasteiger partial charge is 0.194 e. The lowest BCUT2D eigenvalue weighted by Gasteiger charge is -2.28. The van der Waals surface area contributed by atoms with Gasteiger partial charge in [0.05, 0.1) is 0 Å². The summed E-state index contributed by atoms with van der Waals surface area (Å²) < 4.78 is 41.0. The summed E-state index contributed by atoms with van der Waals surface area (Å²) in [5, 5.41) is 0. The van der Waals surface area contributed by atoms with Crippen molar-refractivity contribution < 1.29 is 13.2 Å². The second kappa shape index (κ2) is 8.14. The van der Waals surface area contributed by atoms with Crippen LogP contribution in [0.1, 0.15) is 80.0 Å². The van der Waals surface area contributed by atoms with Crippen LogP contribution in [0.2, 0.25) is 0 Å². The van der Waals surface area contributed by atoms with Crippen LogP contribution < -0.4 is 0 Å². The quantitative estimate of drug-likeness (QED) is 0.475. The van der Waals surface area contributed by atoms with Crippen LogP contribution in [0.25, 0.3) is 11.6 Å². The number of fused-ring (bicyclic) bond motifs is 1. The number of hydrogen-bond acceptors (Lipinski definition) is 0. The highest BCUT2D eigenvalue weighted by Gasteiger charge is 2.23. The molecule has 2 aromatic carbocycles. The molecule has 0 atom stereocenters. The van der Waals surface area contributed by atoms with Gasteiger partial charge in [0.15, 0.2) is 17.5 Å². The molecule has 2 aliphatic carbocycles. The molecule has 0 heterocycles. The number of benzene rings is 2. The molecule has 2 aromatic rings. The van der Waals surface area contributed by atoms with Gasteiger partial charge in [-0.15, -0.1) is 0 Å². The van der Waals surface area contributed by atoms with Gasteiger partial charge in [-0.2, -0.15) is 0 Å². The van der Waals surface area contributed by atoms with Crippen molar-refractivity contribution in [2.75, 3.05) is 0 Å². The fourth-order valence-corrected chi connectivity index (χ4v) is 4.94.